The van der Waals surface area contributed by atoms with Crippen LogP contribution in [0.1, 0.15) is 5.82 Å². The van der Waals surface area contributed by atoms with Gasteiger partial charge in [0.05, 0.1) is 11.1 Å². The van der Waals surface area contributed by atoms with Crippen molar-refractivity contribution in [3.63, 3.8) is 0 Å². The van der Waals surface area contributed by atoms with Crippen molar-refractivity contribution < 1.29 is 9.13 Å². The number of ether oxygens (including phenoxy) is 1. The Labute approximate surface area is 168 Å². The van der Waals surface area contributed by atoms with E-state index in [1.807, 2.05) is 22.9 Å². The van der Waals surface area contributed by atoms with Gasteiger partial charge >= 0.3 is 0 Å². The first kappa shape index (κ1) is 17.4. The fourth-order valence-corrected chi connectivity index (χ4v) is 3.60. The minimum atomic E-state index is -0.398. The molecule has 0 spiro atoms. The van der Waals surface area contributed by atoms with Crippen molar-refractivity contribution >= 4 is 17.0 Å². The minimum absolute atomic E-state index is 0.146. The average molecular weight is 407 g/mol. The van der Waals surface area contributed by atoms with Crippen LogP contribution in [-0.4, -0.2) is 34.6 Å². The maximum absolute atomic E-state index is 14.3. The fraction of sp³-hybridized carbons (Fsp3) is 0.105. The van der Waals surface area contributed by atoms with Crippen LogP contribution in [0.5, 0.6) is 5.88 Å². The van der Waals surface area contributed by atoms with Crippen LogP contribution in [0, 0.1) is 5.82 Å². The molecule has 5 aromatic rings. The zero-order valence-electron chi connectivity index (χ0n) is 15.2. The molecule has 0 saturated heterocycles. The van der Waals surface area contributed by atoms with Crippen LogP contribution in [0.4, 0.5) is 4.39 Å². The van der Waals surface area contributed by atoms with Crippen molar-refractivity contribution in [1.82, 2.24) is 34.6 Å². The summed E-state index contributed by atoms with van der Waals surface area (Å²) in [6.45, 7) is 0.146. The van der Waals surface area contributed by atoms with Gasteiger partial charge in [0, 0.05) is 7.05 Å². The zero-order chi connectivity index (χ0) is 19.8. The Balaban J connectivity index is 1.62. The highest BCUT2D eigenvalue weighted by atomic mass is 32.1. The van der Waals surface area contributed by atoms with Gasteiger partial charge in [-0.15, -0.1) is 15.3 Å². The summed E-state index contributed by atoms with van der Waals surface area (Å²) in [6, 6.07) is 10.2. The van der Waals surface area contributed by atoms with E-state index in [4.69, 9.17) is 4.74 Å². The number of hydrogen-bond acceptors (Lipinski definition) is 7. The second kappa shape index (κ2) is 7.06. The monoisotopic (exact) mass is 407 g/mol. The van der Waals surface area contributed by atoms with E-state index in [1.54, 1.807) is 47.6 Å². The number of thiophene rings is 1. The van der Waals surface area contributed by atoms with Crippen molar-refractivity contribution in [2.24, 2.45) is 7.05 Å². The van der Waals surface area contributed by atoms with Crippen molar-refractivity contribution in [3.05, 3.63) is 65.1 Å². The molecular formula is C19H14FN7OS. The summed E-state index contributed by atoms with van der Waals surface area (Å²) >= 11 is 1.57. The third kappa shape index (κ3) is 3.23. The summed E-state index contributed by atoms with van der Waals surface area (Å²) in [5, 5.41) is 21.1. The normalized spacial score (nSPS) is 11.2. The number of nitrogens with zero attached hydrogens (tertiary/aromatic N) is 7. The average Bonchev–Trinajstić information content (AvgIpc) is 3.47. The molecule has 29 heavy (non-hydrogen) atoms. The highest BCUT2D eigenvalue weighted by molar-refractivity contribution is 7.08. The molecule has 0 atom stereocenters. The van der Waals surface area contributed by atoms with Crippen molar-refractivity contribution in [1.29, 1.82) is 0 Å². The molecule has 0 bridgehead atoms. The van der Waals surface area contributed by atoms with Gasteiger partial charge in [-0.2, -0.15) is 21.0 Å². The van der Waals surface area contributed by atoms with Crippen LogP contribution in [0.3, 0.4) is 0 Å². The Morgan fingerprint density at radius 1 is 1.10 bits per heavy atom. The molecule has 0 unspecified atom stereocenters. The van der Waals surface area contributed by atoms with Gasteiger partial charge in [-0.05, 0) is 40.6 Å². The lowest BCUT2D eigenvalue weighted by molar-refractivity contribution is 0.281. The number of aryl methyl sites for hydroxylation is 1. The Bertz CT molecular complexity index is 1300. The molecule has 0 saturated carbocycles. The van der Waals surface area contributed by atoms with Gasteiger partial charge < -0.3 is 4.74 Å². The predicted octanol–water partition coefficient (Wildman–Crippen LogP) is 3.37. The van der Waals surface area contributed by atoms with Gasteiger partial charge in [0.2, 0.25) is 5.88 Å². The molecule has 0 aliphatic rings. The summed E-state index contributed by atoms with van der Waals surface area (Å²) in [6.07, 6.45) is 1.60. The molecule has 10 heteroatoms. The maximum Gasteiger partial charge on any atom is 0.240 e. The van der Waals surface area contributed by atoms with E-state index in [0.717, 1.165) is 11.1 Å². The number of benzene rings is 1. The molecule has 8 nitrogen and oxygen atoms in total. The fourth-order valence-electron chi connectivity index (χ4n) is 2.94. The zero-order valence-corrected chi connectivity index (χ0v) is 16.0. The SMILES string of the molecule is Cn1cnc(COc2nn3c(-c4ccccc4F)nnc3cc2-c2ccsc2)n1. The number of halogens is 1. The molecule has 5 rings (SSSR count). The molecule has 0 aliphatic carbocycles. The molecule has 0 N–H and O–H groups in total. The summed E-state index contributed by atoms with van der Waals surface area (Å²) in [7, 11) is 1.79. The van der Waals surface area contributed by atoms with Gasteiger partial charge in [-0.25, -0.2) is 9.37 Å². The lowest BCUT2D eigenvalue weighted by Crippen LogP contribution is -2.05. The van der Waals surface area contributed by atoms with Crippen LogP contribution >= 0.6 is 11.3 Å². The Morgan fingerprint density at radius 3 is 2.76 bits per heavy atom. The van der Waals surface area contributed by atoms with Crippen molar-refractivity contribution in [2.45, 2.75) is 6.61 Å². The van der Waals surface area contributed by atoms with Gasteiger partial charge in [0.15, 0.2) is 23.9 Å². The van der Waals surface area contributed by atoms with Crippen LogP contribution in [0.15, 0.2) is 53.5 Å². The molecule has 0 fully saturated rings. The first-order valence-electron chi connectivity index (χ1n) is 8.70. The second-order valence-electron chi connectivity index (χ2n) is 6.27. The van der Waals surface area contributed by atoms with Crippen LogP contribution in [-0.2, 0) is 13.7 Å². The molecule has 4 heterocycles. The van der Waals surface area contributed by atoms with Crippen molar-refractivity contribution in [3.8, 4) is 28.4 Å². The van der Waals surface area contributed by atoms with Crippen LogP contribution in [0.25, 0.3) is 28.2 Å². The van der Waals surface area contributed by atoms with Crippen LogP contribution < -0.4 is 4.74 Å². The Hall–Kier alpha value is -3.66. The highest BCUT2D eigenvalue weighted by Gasteiger charge is 2.18. The Morgan fingerprint density at radius 2 is 2.00 bits per heavy atom. The molecule has 144 valence electrons. The van der Waals surface area contributed by atoms with E-state index in [-0.39, 0.29) is 6.61 Å². The topological polar surface area (TPSA) is 83.0 Å². The second-order valence-corrected chi connectivity index (χ2v) is 7.05. The van der Waals surface area contributed by atoms with E-state index < -0.39 is 5.82 Å². The van der Waals surface area contributed by atoms with E-state index in [2.05, 4.69) is 25.4 Å². The molecule has 4 aromatic heterocycles. The van der Waals surface area contributed by atoms with E-state index in [1.165, 1.54) is 10.6 Å². The van der Waals surface area contributed by atoms with Gasteiger partial charge in [-0.3, -0.25) is 4.68 Å². The van der Waals surface area contributed by atoms with Crippen molar-refractivity contribution in [2.75, 3.05) is 0 Å². The summed E-state index contributed by atoms with van der Waals surface area (Å²) < 4.78 is 23.3. The lowest BCUT2D eigenvalue weighted by atomic mass is 10.1. The molecule has 0 aliphatic heterocycles. The first-order valence-corrected chi connectivity index (χ1v) is 9.64. The molecule has 0 radical (unpaired) electrons. The van der Waals surface area contributed by atoms with Crippen LogP contribution in [0.2, 0.25) is 0 Å². The molecule has 1 aromatic carbocycles. The molecular weight excluding hydrogens is 393 g/mol. The number of fused-ring (bicyclic) bond motifs is 1. The summed E-state index contributed by atoms with van der Waals surface area (Å²) in [4.78, 5) is 4.17. The van der Waals surface area contributed by atoms with E-state index >= 15 is 0 Å². The van der Waals surface area contributed by atoms with E-state index in [9.17, 15) is 4.39 Å². The number of rotatable bonds is 5. The molecule has 0 amide bonds. The number of aromatic nitrogens is 7. The minimum Gasteiger partial charge on any atom is -0.468 e. The van der Waals surface area contributed by atoms with Gasteiger partial charge in [0.1, 0.15) is 12.1 Å². The third-order valence-corrected chi connectivity index (χ3v) is 4.97. The summed E-state index contributed by atoms with van der Waals surface area (Å²) in [5.41, 5.74) is 2.52. The van der Waals surface area contributed by atoms with Gasteiger partial charge in [0.25, 0.3) is 0 Å². The maximum atomic E-state index is 14.3. The highest BCUT2D eigenvalue weighted by Crippen LogP contribution is 2.32. The largest absolute Gasteiger partial charge is 0.468 e. The lowest BCUT2D eigenvalue weighted by Gasteiger charge is -2.10. The van der Waals surface area contributed by atoms with Gasteiger partial charge in [-0.1, -0.05) is 12.1 Å². The quantitative estimate of drug-likeness (QED) is 0.444. The van der Waals surface area contributed by atoms with E-state index in [0.29, 0.717) is 28.7 Å². The third-order valence-electron chi connectivity index (χ3n) is 4.29. The standard InChI is InChI=1S/C19H14FN7OS/c1-26-11-21-16(24-26)9-28-19-14(12-6-7-29-10-12)8-17-22-23-18(27(17)25-19)13-4-2-3-5-15(13)20/h2-8,10-11H,9H2,1H3. The smallest absolute Gasteiger partial charge is 0.240 e. The number of hydrogen-bond donors (Lipinski definition) is 0. The Kier molecular flexibility index (Phi) is 4.24. The summed E-state index contributed by atoms with van der Waals surface area (Å²) in [5.74, 6) is 0.797. The predicted molar refractivity (Wildman–Crippen MR) is 105 cm³/mol. The first-order chi connectivity index (χ1) is 14.2.